The van der Waals surface area contributed by atoms with Crippen molar-refractivity contribution in [2.75, 3.05) is 0 Å². The number of ether oxygens (including phenoxy) is 2. The molecule has 4 nitrogen and oxygen atoms in total. The molecule has 0 amide bonds. The summed E-state index contributed by atoms with van der Waals surface area (Å²) in [6.45, 7) is 7.50. The fourth-order valence-electron chi connectivity index (χ4n) is 0.465. The molecule has 0 rings (SSSR count). The Morgan fingerprint density at radius 2 is 1.07 bits per heavy atom. The van der Waals surface area contributed by atoms with Gasteiger partial charge in [0.15, 0.2) is 0 Å². The van der Waals surface area contributed by atoms with Crippen LogP contribution in [0, 0.1) is 0 Å². The summed E-state index contributed by atoms with van der Waals surface area (Å²) in [7, 11) is 0. The molecular weight excluding hydrogens is 243 g/mol. The monoisotopic (exact) mass is 262 g/mol. The zero-order chi connectivity index (χ0) is 11.7. The fourth-order valence-corrected chi connectivity index (χ4v) is 0.850. The summed E-state index contributed by atoms with van der Waals surface area (Å²) in [4.78, 5) is 0. The first kappa shape index (κ1) is 20.8. The molecule has 0 saturated carbocycles. The van der Waals surface area contributed by atoms with Crippen molar-refractivity contribution in [1.82, 2.24) is 0 Å². The molecule has 0 fully saturated rings. The zero-order valence-electron chi connectivity index (χ0n) is 8.94. The quantitative estimate of drug-likeness (QED) is 0.563. The number of thiocarbonyl (C=S) groups is 2. The molecule has 15 heavy (non-hydrogen) atoms. The third kappa shape index (κ3) is 31.4. The van der Waals surface area contributed by atoms with Crippen LogP contribution in [-0.4, -0.2) is 52.1 Å². The first-order valence-electron chi connectivity index (χ1n) is 4.17. The van der Waals surface area contributed by atoms with Gasteiger partial charge >= 0.3 is 29.6 Å². The van der Waals surface area contributed by atoms with Crippen LogP contribution in [0.25, 0.3) is 0 Å². The van der Waals surface area contributed by atoms with E-state index in [0.29, 0.717) is 0 Å². The first-order chi connectivity index (χ1) is 6.25. The van der Waals surface area contributed by atoms with Crippen LogP contribution in [0.15, 0.2) is 0 Å². The van der Waals surface area contributed by atoms with E-state index in [1.54, 1.807) is 0 Å². The molecular formula is C8H19N2NaO2S2. The van der Waals surface area contributed by atoms with Crippen molar-refractivity contribution in [1.29, 1.82) is 0 Å². The molecule has 0 unspecified atom stereocenters. The van der Waals surface area contributed by atoms with Crippen LogP contribution in [0.1, 0.15) is 27.7 Å². The molecule has 0 aliphatic rings. The molecule has 0 aromatic rings. The van der Waals surface area contributed by atoms with E-state index in [2.05, 4.69) is 24.4 Å². The molecule has 0 atom stereocenters. The number of nitrogens with two attached hydrogens (primary N) is 2. The molecule has 0 saturated heterocycles. The molecule has 0 radical (unpaired) electrons. The number of rotatable bonds is 2. The topological polar surface area (TPSA) is 70.5 Å². The summed E-state index contributed by atoms with van der Waals surface area (Å²) >= 11 is 8.85. The van der Waals surface area contributed by atoms with Gasteiger partial charge < -0.3 is 20.9 Å². The van der Waals surface area contributed by atoms with E-state index in [-0.39, 0.29) is 52.1 Å². The molecule has 86 valence electrons. The van der Waals surface area contributed by atoms with Crippen LogP contribution in [0.3, 0.4) is 0 Å². The Hall–Kier alpha value is 0.380. The summed E-state index contributed by atoms with van der Waals surface area (Å²) in [5, 5.41) is 0.241. The minimum atomic E-state index is 0. The summed E-state index contributed by atoms with van der Waals surface area (Å²) in [6.07, 6.45) is 0.218. The summed E-state index contributed by atoms with van der Waals surface area (Å²) in [5.74, 6) is 0. The Morgan fingerprint density at radius 3 is 1.07 bits per heavy atom. The molecule has 0 spiro atoms. The zero-order valence-corrected chi connectivity index (χ0v) is 10.6. The van der Waals surface area contributed by atoms with Crippen molar-refractivity contribution in [2.24, 2.45) is 11.5 Å². The van der Waals surface area contributed by atoms with Crippen molar-refractivity contribution in [2.45, 2.75) is 39.9 Å². The molecule has 0 aromatic carbocycles. The van der Waals surface area contributed by atoms with Gasteiger partial charge in [-0.3, -0.25) is 0 Å². The van der Waals surface area contributed by atoms with Gasteiger partial charge in [0.25, 0.3) is 10.3 Å². The molecule has 7 heteroatoms. The Labute approximate surface area is 124 Å². The number of hydrogen-bond donors (Lipinski definition) is 2. The van der Waals surface area contributed by atoms with Gasteiger partial charge in [-0.1, -0.05) is 0 Å². The van der Waals surface area contributed by atoms with Crippen molar-refractivity contribution < 1.29 is 9.47 Å². The Kier molecular flexibility index (Phi) is 17.2. The Balaban J connectivity index is -0.000000180. The van der Waals surface area contributed by atoms with Crippen molar-refractivity contribution in [3.05, 3.63) is 0 Å². The van der Waals surface area contributed by atoms with Gasteiger partial charge in [0.05, 0.1) is 12.2 Å². The van der Waals surface area contributed by atoms with E-state index in [0.717, 1.165) is 0 Å². The predicted octanol–water partition coefficient (Wildman–Crippen LogP) is 0.661. The van der Waals surface area contributed by atoms with Gasteiger partial charge in [-0.15, -0.1) is 0 Å². The number of hydrogen-bond acceptors (Lipinski definition) is 4. The van der Waals surface area contributed by atoms with Crippen molar-refractivity contribution in [3.63, 3.8) is 0 Å². The van der Waals surface area contributed by atoms with Crippen LogP contribution >= 0.6 is 24.4 Å². The van der Waals surface area contributed by atoms with Gasteiger partial charge in [-0.05, 0) is 52.1 Å². The second kappa shape index (κ2) is 12.4. The Morgan fingerprint density at radius 1 is 0.867 bits per heavy atom. The van der Waals surface area contributed by atoms with Crippen LogP contribution in [0.2, 0.25) is 0 Å². The second-order valence-corrected chi connectivity index (χ2v) is 3.78. The molecule has 0 bridgehead atoms. The molecule has 0 aliphatic heterocycles. The van der Waals surface area contributed by atoms with Gasteiger partial charge in [-0.2, -0.15) is 0 Å². The summed E-state index contributed by atoms with van der Waals surface area (Å²) < 4.78 is 9.52. The van der Waals surface area contributed by atoms with Crippen LogP contribution in [0.4, 0.5) is 0 Å². The van der Waals surface area contributed by atoms with Crippen molar-refractivity contribution >= 4 is 64.3 Å². The predicted molar refractivity (Wildman–Crippen MR) is 73.2 cm³/mol. The van der Waals surface area contributed by atoms with E-state index in [1.165, 1.54) is 0 Å². The van der Waals surface area contributed by atoms with Crippen LogP contribution in [-0.2, 0) is 9.47 Å². The van der Waals surface area contributed by atoms with Gasteiger partial charge in [0.1, 0.15) is 0 Å². The molecule has 0 heterocycles. The third-order valence-electron chi connectivity index (χ3n) is 0.704. The van der Waals surface area contributed by atoms with Crippen molar-refractivity contribution in [3.8, 4) is 0 Å². The standard InChI is InChI=1S/2C4H9NOS.Na.H/c2*1-3(2)6-4(5)7;;/h2*3H,1-2H3,(H2,5,7);;. The van der Waals surface area contributed by atoms with E-state index < -0.39 is 0 Å². The normalized spacial score (nSPS) is 8.40. The maximum atomic E-state index is 5.00. The van der Waals surface area contributed by atoms with Crippen LogP contribution in [0.5, 0.6) is 0 Å². The summed E-state index contributed by atoms with van der Waals surface area (Å²) in [5.41, 5.74) is 10.0. The maximum absolute atomic E-state index is 5.00. The van der Waals surface area contributed by atoms with E-state index in [1.807, 2.05) is 27.7 Å². The SMILES string of the molecule is CC(C)OC(N)=S.CC(C)OC(N)=S.[NaH]. The molecule has 4 N–H and O–H groups in total. The Bertz CT molecular complexity index is 169. The average Bonchev–Trinajstić information content (AvgIpc) is 1.79. The fraction of sp³-hybridized carbons (Fsp3) is 0.750. The second-order valence-electron chi connectivity index (χ2n) is 2.97. The van der Waals surface area contributed by atoms with Gasteiger partial charge in [0.2, 0.25) is 0 Å². The molecule has 0 aliphatic carbocycles. The minimum absolute atomic E-state index is 0. The summed E-state index contributed by atoms with van der Waals surface area (Å²) in [6, 6.07) is 0. The molecule has 0 aromatic heterocycles. The van der Waals surface area contributed by atoms with Crippen LogP contribution < -0.4 is 11.5 Å². The van der Waals surface area contributed by atoms with Gasteiger partial charge in [0, 0.05) is 0 Å². The van der Waals surface area contributed by atoms with E-state index in [4.69, 9.17) is 20.9 Å². The van der Waals surface area contributed by atoms with E-state index in [9.17, 15) is 0 Å². The average molecular weight is 262 g/mol. The van der Waals surface area contributed by atoms with Gasteiger partial charge in [-0.25, -0.2) is 0 Å². The third-order valence-corrected chi connectivity index (χ3v) is 0.896. The van der Waals surface area contributed by atoms with E-state index >= 15 is 0 Å². The first-order valence-corrected chi connectivity index (χ1v) is 4.99.